The van der Waals surface area contributed by atoms with Crippen molar-refractivity contribution in [1.29, 1.82) is 0 Å². The van der Waals surface area contributed by atoms with Gasteiger partial charge in [-0.15, -0.1) is 0 Å². The summed E-state index contributed by atoms with van der Waals surface area (Å²) in [6.45, 7) is 1.07. The normalized spacial score (nSPS) is 10.5. The van der Waals surface area contributed by atoms with Crippen LogP contribution in [0.4, 0.5) is 5.69 Å². The summed E-state index contributed by atoms with van der Waals surface area (Å²) in [5.74, 6) is -1.17. The highest BCUT2D eigenvalue weighted by molar-refractivity contribution is 5.86. The van der Waals surface area contributed by atoms with Crippen LogP contribution in [0.5, 0.6) is 0 Å². The number of carboxylic acids is 1. The maximum atomic E-state index is 11.0. The zero-order valence-corrected chi connectivity index (χ0v) is 9.97. The first-order valence-corrected chi connectivity index (χ1v) is 5.61. The second kappa shape index (κ2) is 5.34. The van der Waals surface area contributed by atoms with Gasteiger partial charge < -0.3 is 14.2 Å². The number of carboxylic acid groups (broad SMARTS) is 1. The van der Waals surface area contributed by atoms with Crippen LogP contribution in [0.15, 0.2) is 31.0 Å². The molecule has 0 amide bonds. The van der Waals surface area contributed by atoms with Crippen LogP contribution in [0.2, 0.25) is 0 Å². The van der Waals surface area contributed by atoms with Crippen molar-refractivity contribution < 1.29 is 14.8 Å². The zero-order chi connectivity index (χ0) is 13.8. The first-order chi connectivity index (χ1) is 9.08. The van der Waals surface area contributed by atoms with E-state index in [4.69, 9.17) is 5.11 Å². The molecule has 8 nitrogen and oxygen atoms in total. The lowest BCUT2D eigenvalue weighted by Gasteiger charge is -2.05. The lowest BCUT2D eigenvalue weighted by molar-refractivity contribution is -0.384. The molecule has 2 aromatic rings. The molecule has 0 radical (unpaired) electrons. The van der Waals surface area contributed by atoms with Gasteiger partial charge in [-0.1, -0.05) is 0 Å². The summed E-state index contributed by atoms with van der Waals surface area (Å²) in [6.07, 6.45) is 7.02. The van der Waals surface area contributed by atoms with E-state index in [1.165, 1.54) is 10.8 Å². The number of rotatable bonds is 6. The van der Waals surface area contributed by atoms with Crippen molar-refractivity contribution in [1.82, 2.24) is 14.1 Å². The van der Waals surface area contributed by atoms with Gasteiger partial charge in [0.1, 0.15) is 5.69 Å². The summed E-state index contributed by atoms with van der Waals surface area (Å²) >= 11 is 0. The highest BCUT2D eigenvalue weighted by atomic mass is 16.6. The number of hydrogen-bond donors (Lipinski definition) is 1. The Bertz CT molecular complexity index is 588. The second-order valence-electron chi connectivity index (χ2n) is 3.99. The summed E-state index contributed by atoms with van der Waals surface area (Å²) in [6, 6.07) is 1.07. The molecule has 0 spiro atoms. The Balaban J connectivity index is 2.06. The molecule has 2 heterocycles. The molecule has 1 N–H and O–H groups in total. The Labute approximate surface area is 108 Å². The smallest absolute Gasteiger partial charge is 0.352 e. The van der Waals surface area contributed by atoms with Crippen LogP contribution in [-0.2, 0) is 13.1 Å². The molecule has 0 bridgehead atoms. The summed E-state index contributed by atoms with van der Waals surface area (Å²) in [7, 11) is 0. The molecule has 0 fully saturated rings. The number of carbonyl (C=O) groups is 1. The second-order valence-corrected chi connectivity index (χ2v) is 3.99. The van der Waals surface area contributed by atoms with E-state index in [1.807, 2.05) is 4.57 Å². The molecule has 0 aliphatic rings. The van der Waals surface area contributed by atoms with E-state index in [2.05, 4.69) is 4.98 Å². The highest BCUT2D eigenvalue weighted by Gasteiger charge is 2.18. The Morgan fingerprint density at radius 1 is 1.47 bits per heavy atom. The lowest BCUT2D eigenvalue weighted by Crippen LogP contribution is -2.09. The van der Waals surface area contributed by atoms with Gasteiger partial charge in [0.15, 0.2) is 0 Å². The topological polar surface area (TPSA) is 103 Å². The molecule has 0 saturated heterocycles. The number of hydrogen-bond acceptors (Lipinski definition) is 4. The summed E-state index contributed by atoms with van der Waals surface area (Å²) in [4.78, 5) is 24.9. The van der Waals surface area contributed by atoms with Crippen molar-refractivity contribution in [3.8, 4) is 0 Å². The van der Waals surface area contributed by atoms with Gasteiger partial charge >= 0.3 is 5.97 Å². The van der Waals surface area contributed by atoms with Crippen molar-refractivity contribution >= 4 is 11.7 Å². The fourth-order valence-corrected chi connectivity index (χ4v) is 1.80. The van der Waals surface area contributed by atoms with Crippen molar-refractivity contribution in [3.05, 3.63) is 46.8 Å². The quantitative estimate of drug-likeness (QED) is 0.627. The van der Waals surface area contributed by atoms with Gasteiger partial charge in [0.05, 0.1) is 17.4 Å². The van der Waals surface area contributed by atoms with Gasteiger partial charge in [-0.3, -0.25) is 10.1 Å². The van der Waals surface area contributed by atoms with Gasteiger partial charge in [-0.2, -0.15) is 0 Å². The fourth-order valence-electron chi connectivity index (χ4n) is 1.80. The molecule has 0 unspecified atom stereocenters. The number of aromatic carboxylic acids is 1. The van der Waals surface area contributed by atoms with Crippen LogP contribution < -0.4 is 0 Å². The molecular formula is C11H12N4O4. The third-order valence-corrected chi connectivity index (χ3v) is 2.69. The maximum absolute atomic E-state index is 11.0. The molecule has 0 saturated carbocycles. The van der Waals surface area contributed by atoms with Gasteiger partial charge in [0.25, 0.3) is 5.69 Å². The number of imidazole rings is 1. The Kier molecular flexibility index (Phi) is 3.60. The van der Waals surface area contributed by atoms with Gasteiger partial charge in [0, 0.05) is 31.5 Å². The van der Waals surface area contributed by atoms with Crippen LogP contribution in [0.25, 0.3) is 0 Å². The molecule has 19 heavy (non-hydrogen) atoms. The number of aromatic nitrogens is 3. The zero-order valence-electron chi connectivity index (χ0n) is 9.97. The molecule has 0 aromatic carbocycles. The van der Waals surface area contributed by atoms with E-state index in [0.29, 0.717) is 19.5 Å². The van der Waals surface area contributed by atoms with Crippen LogP contribution in [0.1, 0.15) is 16.9 Å². The minimum Gasteiger partial charge on any atom is -0.477 e. The number of aryl methyl sites for hydroxylation is 2. The van der Waals surface area contributed by atoms with Crippen LogP contribution in [0.3, 0.4) is 0 Å². The first-order valence-electron chi connectivity index (χ1n) is 5.61. The maximum Gasteiger partial charge on any atom is 0.352 e. The summed E-state index contributed by atoms with van der Waals surface area (Å²) in [5, 5.41) is 19.6. The third kappa shape index (κ3) is 2.97. The predicted octanol–water partition coefficient (Wildman–Crippen LogP) is 1.38. The molecule has 0 aliphatic heterocycles. The summed E-state index contributed by atoms with van der Waals surface area (Å²) < 4.78 is 3.25. The van der Waals surface area contributed by atoms with Crippen molar-refractivity contribution in [2.24, 2.45) is 0 Å². The van der Waals surface area contributed by atoms with E-state index in [1.54, 1.807) is 18.7 Å². The van der Waals surface area contributed by atoms with E-state index in [-0.39, 0.29) is 11.4 Å². The Morgan fingerprint density at radius 3 is 2.84 bits per heavy atom. The van der Waals surface area contributed by atoms with E-state index in [0.717, 1.165) is 6.07 Å². The number of nitro groups is 1. The van der Waals surface area contributed by atoms with Crippen LogP contribution >= 0.6 is 0 Å². The monoisotopic (exact) mass is 264 g/mol. The molecule has 2 aromatic heterocycles. The molecule has 2 rings (SSSR count). The van der Waals surface area contributed by atoms with Gasteiger partial charge in [-0.25, -0.2) is 9.78 Å². The average molecular weight is 264 g/mol. The van der Waals surface area contributed by atoms with E-state index < -0.39 is 10.9 Å². The minimum absolute atomic E-state index is 0.0719. The van der Waals surface area contributed by atoms with Crippen LogP contribution in [0, 0.1) is 10.1 Å². The number of nitrogens with zero attached hydrogens (tertiary/aromatic N) is 4. The Morgan fingerprint density at radius 2 is 2.26 bits per heavy atom. The lowest BCUT2D eigenvalue weighted by atomic mass is 10.4. The van der Waals surface area contributed by atoms with Crippen molar-refractivity contribution in [2.75, 3.05) is 0 Å². The summed E-state index contributed by atoms with van der Waals surface area (Å²) in [5.41, 5.74) is -0.280. The average Bonchev–Trinajstić information content (AvgIpc) is 2.97. The predicted molar refractivity (Wildman–Crippen MR) is 64.9 cm³/mol. The fraction of sp³-hybridized carbons (Fsp3) is 0.273. The van der Waals surface area contributed by atoms with E-state index >= 15 is 0 Å². The highest BCUT2D eigenvalue weighted by Crippen LogP contribution is 2.17. The SMILES string of the molecule is O=C(O)c1cc([N+](=O)[O-])cn1CCCn1ccnc1. The Hall–Kier alpha value is -2.64. The largest absolute Gasteiger partial charge is 0.477 e. The molecule has 0 aliphatic carbocycles. The van der Waals surface area contributed by atoms with Gasteiger partial charge in [-0.05, 0) is 6.42 Å². The van der Waals surface area contributed by atoms with Gasteiger partial charge in [0.2, 0.25) is 0 Å². The third-order valence-electron chi connectivity index (χ3n) is 2.69. The van der Waals surface area contributed by atoms with E-state index in [9.17, 15) is 14.9 Å². The van der Waals surface area contributed by atoms with Crippen molar-refractivity contribution in [2.45, 2.75) is 19.5 Å². The standard InChI is InChI=1S/C11H12N4O4/c16-11(17)10-6-9(15(18)19)7-14(10)4-1-3-13-5-2-12-8-13/h2,5-8H,1,3-4H2,(H,16,17). The molecule has 0 atom stereocenters. The molecule has 100 valence electrons. The molecular weight excluding hydrogens is 252 g/mol. The first kappa shape index (κ1) is 12.8. The van der Waals surface area contributed by atoms with Crippen LogP contribution in [-0.4, -0.2) is 30.1 Å². The van der Waals surface area contributed by atoms with Crippen molar-refractivity contribution in [3.63, 3.8) is 0 Å². The molecule has 8 heteroatoms. The minimum atomic E-state index is -1.17.